The molecule has 1 aliphatic rings. The largest absolute Gasteiger partial charge is 0.313 e. The van der Waals surface area contributed by atoms with Gasteiger partial charge in [-0.05, 0) is 11.6 Å². The van der Waals surface area contributed by atoms with E-state index < -0.39 is 6.43 Å². The molecule has 1 N–H and O–H groups in total. The van der Waals surface area contributed by atoms with E-state index in [-0.39, 0.29) is 11.6 Å². The first kappa shape index (κ1) is 12.0. The highest BCUT2D eigenvalue weighted by molar-refractivity contribution is 9.07. The molecule has 1 aromatic carbocycles. The first-order valence-electron chi connectivity index (χ1n) is 5.19. The lowest BCUT2D eigenvalue weighted by Gasteiger charge is -2.31. The number of hydrogen-bond donors (Lipinski definition) is 1. The van der Waals surface area contributed by atoms with E-state index in [0.717, 1.165) is 25.2 Å². The molecule has 0 bridgehead atoms. The average Bonchev–Trinajstić information content (AvgIpc) is 2.30. The molecule has 0 radical (unpaired) electrons. The average molecular weight is 291 g/mol. The minimum atomic E-state index is -2.40. The fourth-order valence-electron chi connectivity index (χ4n) is 1.86. The molecule has 1 aromatic rings. The highest BCUT2D eigenvalue weighted by Crippen LogP contribution is 2.28. The van der Waals surface area contributed by atoms with E-state index in [9.17, 15) is 8.78 Å². The van der Waals surface area contributed by atoms with Crippen molar-refractivity contribution in [2.75, 3.05) is 19.6 Å². The molecule has 0 saturated carbocycles. The second kappa shape index (κ2) is 5.21. The van der Waals surface area contributed by atoms with Crippen molar-refractivity contribution >= 4 is 16.1 Å². The Balaban J connectivity index is 2.21. The molecule has 0 amide bonds. The Hall–Kier alpha value is -0.520. The highest BCUT2D eigenvalue weighted by atomic mass is 79.9. The van der Waals surface area contributed by atoms with Crippen LogP contribution in [0.3, 0.4) is 0 Å². The maximum atomic E-state index is 12.6. The molecule has 1 heterocycles. The van der Waals surface area contributed by atoms with Crippen LogP contribution in [0.25, 0.3) is 0 Å². The van der Waals surface area contributed by atoms with Crippen LogP contribution in [0.15, 0.2) is 24.3 Å². The number of piperazine rings is 1. The summed E-state index contributed by atoms with van der Waals surface area (Å²) >= 11 is 3.46. The Bertz CT molecular complexity index is 360. The maximum Gasteiger partial charge on any atom is 0.263 e. The van der Waals surface area contributed by atoms with E-state index in [2.05, 4.69) is 21.5 Å². The normalized spacial score (nSPS) is 22.6. The number of nitrogens with zero attached hydrogens (tertiary/aromatic N) is 1. The minimum absolute atomic E-state index is 0.0870. The van der Waals surface area contributed by atoms with Gasteiger partial charge >= 0.3 is 0 Å². The smallest absolute Gasteiger partial charge is 0.263 e. The molecule has 0 spiro atoms. The summed E-state index contributed by atoms with van der Waals surface area (Å²) < 4.78 is 27.1. The van der Waals surface area contributed by atoms with Crippen LogP contribution in [-0.4, -0.2) is 23.6 Å². The number of benzene rings is 1. The van der Waals surface area contributed by atoms with Gasteiger partial charge in [0.1, 0.15) is 0 Å². The Labute approximate surface area is 102 Å². The van der Waals surface area contributed by atoms with Crippen molar-refractivity contribution in [2.24, 2.45) is 0 Å². The zero-order valence-corrected chi connectivity index (χ0v) is 10.3. The molecule has 2 nitrogen and oxygen atoms in total. The first-order valence-corrected chi connectivity index (χ1v) is 5.90. The van der Waals surface area contributed by atoms with E-state index in [1.165, 1.54) is 6.07 Å². The van der Waals surface area contributed by atoms with E-state index in [1.807, 2.05) is 9.99 Å². The van der Waals surface area contributed by atoms with E-state index >= 15 is 0 Å². The Morgan fingerprint density at radius 3 is 2.94 bits per heavy atom. The molecule has 88 valence electrons. The summed E-state index contributed by atoms with van der Waals surface area (Å²) in [6.07, 6.45) is -2.40. The van der Waals surface area contributed by atoms with Crippen LogP contribution in [0, 0.1) is 0 Å². The molecular weight excluding hydrogens is 278 g/mol. The fraction of sp³-hybridized carbons (Fsp3) is 0.455. The number of hydrogen-bond acceptors (Lipinski definition) is 2. The second-order valence-electron chi connectivity index (χ2n) is 3.81. The number of rotatable bonds is 2. The lowest BCUT2D eigenvalue weighted by Crippen LogP contribution is -2.41. The van der Waals surface area contributed by atoms with E-state index in [0.29, 0.717) is 0 Å². The van der Waals surface area contributed by atoms with Crippen molar-refractivity contribution in [1.29, 1.82) is 0 Å². The summed E-state index contributed by atoms with van der Waals surface area (Å²) in [6, 6.07) is 6.73. The number of nitrogens with one attached hydrogen (secondary N) is 1. The molecule has 16 heavy (non-hydrogen) atoms. The van der Waals surface area contributed by atoms with Crippen LogP contribution in [0.1, 0.15) is 23.6 Å². The molecular formula is C11H13BrF2N2. The van der Waals surface area contributed by atoms with Crippen LogP contribution in [-0.2, 0) is 0 Å². The molecule has 1 unspecified atom stereocenters. The summed E-state index contributed by atoms with van der Waals surface area (Å²) in [6.45, 7) is 2.55. The molecule has 5 heteroatoms. The summed E-state index contributed by atoms with van der Waals surface area (Å²) in [7, 11) is 0. The van der Waals surface area contributed by atoms with Gasteiger partial charge in [-0.3, -0.25) is 0 Å². The van der Waals surface area contributed by atoms with Gasteiger partial charge in [-0.25, -0.2) is 12.7 Å². The van der Waals surface area contributed by atoms with Crippen LogP contribution < -0.4 is 5.32 Å². The van der Waals surface area contributed by atoms with Gasteiger partial charge in [-0.2, -0.15) is 0 Å². The van der Waals surface area contributed by atoms with Gasteiger partial charge < -0.3 is 5.32 Å². The quantitative estimate of drug-likeness (QED) is 0.843. The summed E-state index contributed by atoms with van der Waals surface area (Å²) in [5.74, 6) is 0. The minimum Gasteiger partial charge on any atom is -0.313 e. The molecule has 0 aliphatic carbocycles. The van der Waals surface area contributed by atoms with Crippen LogP contribution in [0.5, 0.6) is 0 Å². The van der Waals surface area contributed by atoms with Crippen molar-refractivity contribution in [1.82, 2.24) is 9.24 Å². The maximum absolute atomic E-state index is 12.6. The third-order valence-electron chi connectivity index (χ3n) is 2.73. The molecule has 1 fully saturated rings. The van der Waals surface area contributed by atoms with Gasteiger partial charge in [0.05, 0.1) is 6.04 Å². The molecule has 1 atom stereocenters. The molecule has 2 rings (SSSR count). The van der Waals surface area contributed by atoms with Gasteiger partial charge in [-0.15, -0.1) is 0 Å². The standard InChI is InChI=1S/C11H13BrF2N2/c12-16-5-4-15-7-10(16)8-2-1-3-9(6-8)11(13)14/h1-3,6,10-11,15H,4-5,7H2. The number of halogens is 3. The van der Waals surface area contributed by atoms with Gasteiger partial charge in [0.2, 0.25) is 0 Å². The molecule has 0 aromatic heterocycles. The zero-order valence-electron chi connectivity index (χ0n) is 8.67. The van der Waals surface area contributed by atoms with Crippen molar-refractivity contribution in [2.45, 2.75) is 12.5 Å². The predicted molar refractivity (Wildman–Crippen MR) is 62.6 cm³/mol. The summed E-state index contributed by atoms with van der Waals surface area (Å²) in [4.78, 5) is 0. The third-order valence-corrected chi connectivity index (χ3v) is 3.57. The Kier molecular flexibility index (Phi) is 3.89. The van der Waals surface area contributed by atoms with Gasteiger partial charge in [0, 0.05) is 41.3 Å². The van der Waals surface area contributed by atoms with Crippen molar-refractivity contribution in [3.05, 3.63) is 35.4 Å². The molecule has 1 saturated heterocycles. The van der Waals surface area contributed by atoms with Gasteiger partial charge in [0.25, 0.3) is 6.43 Å². The monoisotopic (exact) mass is 290 g/mol. The summed E-state index contributed by atoms with van der Waals surface area (Å²) in [5.41, 5.74) is 1.01. The Morgan fingerprint density at radius 1 is 1.44 bits per heavy atom. The fourth-order valence-corrected chi connectivity index (χ4v) is 2.42. The molecule has 1 aliphatic heterocycles. The van der Waals surface area contributed by atoms with Crippen molar-refractivity contribution in [3.8, 4) is 0 Å². The van der Waals surface area contributed by atoms with Crippen molar-refractivity contribution in [3.63, 3.8) is 0 Å². The van der Waals surface area contributed by atoms with Crippen LogP contribution in [0.2, 0.25) is 0 Å². The van der Waals surface area contributed by atoms with E-state index in [4.69, 9.17) is 0 Å². The van der Waals surface area contributed by atoms with Crippen molar-refractivity contribution < 1.29 is 8.78 Å². The summed E-state index contributed by atoms with van der Waals surface area (Å²) in [5, 5.41) is 3.25. The second-order valence-corrected chi connectivity index (χ2v) is 4.73. The van der Waals surface area contributed by atoms with Crippen LogP contribution >= 0.6 is 16.1 Å². The van der Waals surface area contributed by atoms with Gasteiger partial charge in [-0.1, -0.05) is 18.2 Å². The third kappa shape index (κ3) is 2.59. The first-order chi connectivity index (χ1) is 7.68. The van der Waals surface area contributed by atoms with Crippen LogP contribution in [0.4, 0.5) is 8.78 Å². The zero-order chi connectivity index (χ0) is 11.5. The predicted octanol–water partition coefficient (Wildman–Crippen LogP) is 2.88. The lowest BCUT2D eigenvalue weighted by atomic mass is 10.0. The number of alkyl halides is 2. The Morgan fingerprint density at radius 2 is 2.25 bits per heavy atom. The topological polar surface area (TPSA) is 15.3 Å². The lowest BCUT2D eigenvalue weighted by molar-refractivity contribution is 0.151. The SMILES string of the molecule is FC(F)c1cccc(C2CNCCN2Br)c1. The highest BCUT2D eigenvalue weighted by Gasteiger charge is 2.22. The van der Waals surface area contributed by atoms with E-state index in [1.54, 1.807) is 12.1 Å². The van der Waals surface area contributed by atoms with Gasteiger partial charge in [0.15, 0.2) is 0 Å².